The van der Waals surface area contributed by atoms with Gasteiger partial charge in [-0.2, -0.15) is 0 Å². The van der Waals surface area contributed by atoms with Gasteiger partial charge < -0.3 is 14.1 Å². The van der Waals surface area contributed by atoms with Crippen LogP contribution < -0.4 is 0 Å². The van der Waals surface area contributed by atoms with Crippen LogP contribution in [0.5, 0.6) is 0 Å². The van der Waals surface area contributed by atoms with E-state index in [1.165, 1.54) is 58.3 Å². The van der Waals surface area contributed by atoms with Crippen molar-refractivity contribution in [3.05, 3.63) is 24.2 Å². The Hall–Kier alpha value is -0.840. The molecule has 3 heterocycles. The second-order valence-corrected chi connectivity index (χ2v) is 8.36. The standard InChI is InChI=1S/C20H32N2O2/c1-23-15-18-13-22(14-19-6-3-11-24-19)16-20(18)7-9-21(10-8-20)12-17-4-2-5-17/h3,6,11,17-18H,2,4-5,7-10,12-16H2,1H3/t18-/m0/s1. The van der Waals surface area contributed by atoms with E-state index in [0.29, 0.717) is 11.3 Å². The molecule has 0 bridgehead atoms. The Balaban J connectivity index is 1.36. The van der Waals surface area contributed by atoms with Crippen LogP contribution in [0.2, 0.25) is 0 Å². The molecule has 0 N–H and O–H groups in total. The van der Waals surface area contributed by atoms with E-state index in [-0.39, 0.29) is 0 Å². The summed E-state index contributed by atoms with van der Waals surface area (Å²) in [6, 6.07) is 4.09. The van der Waals surface area contributed by atoms with E-state index in [2.05, 4.69) is 15.9 Å². The summed E-state index contributed by atoms with van der Waals surface area (Å²) in [5.74, 6) is 2.75. The summed E-state index contributed by atoms with van der Waals surface area (Å²) < 4.78 is 11.2. The third-order valence-electron chi connectivity index (χ3n) is 6.80. The lowest BCUT2D eigenvalue weighted by Gasteiger charge is -2.44. The van der Waals surface area contributed by atoms with Crippen LogP contribution in [-0.2, 0) is 11.3 Å². The summed E-state index contributed by atoms with van der Waals surface area (Å²) in [5.41, 5.74) is 0.457. The van der Waals surface area contributed by atoms with Crippen molar-refractivity contribution in [1.82, 2.24) is 9.80 Å². The van der Waals surface area contributed by atoms with Gasteiger partial charge in [0.2, 0.25) is 0 Å². The van der Waals surface area contributed by atoms with Crippen LogP contribution in [0.15, 0.2) is 22.8 Å². The first-order valence-corrected chi connectivity index (χ1v) is 9.73. The number of likely N-dealkylation sites (tertiary alicyclic amines) is 2. The molecule has 1 aromatic heterocycles. The van der Waals surface area contributed by atoms with Crippen LogP contribution in [-0.4, -0.2) is 56.2 Å². The Morgan fingerprint density at radius 1 is 1.25 bits per heavy atom. The molecule has 4 nitrogen and oxygen atoms in total. The maximum absolute atomic E-state index is 5.59. The number of rotatable bonds is 6. The normalized spacial score (nSPS) is 28.5. The van der Waals surface area contributed by atoms with Gasteiger partial charge in [-0.3, -0.25) is 4.90 Å². The predicted octanol–water partition coefficient (Wildman–Crippen LogP) is 3.24. The number of methoxy groups -OCH3 is 1. The minimum atomic E-state index is 0.457. The molecule has 1 atom stereocenters. The maximum atomic E-state index is 5.59. The van der Waals surface area contributed by atoms with Gasteiger partial charge in [0.25, 0.3) is 0 Å². The fraction of sp³-hybridized carbons (Fsp3) is 0.800. The molecule has 4 heteroatoms. The summed E-state index contributed by atoms with van der Waals surface area (Å²) >= 11 is 0. The maximum Gasteiger partial charge on any atom is 0.117 e. The van der Waals surface area contributed by atoms with Crippen molar-refractivity contribution in [2.24, 2.45) is 17.3 Å². The molecule has 3 fully saturated rings. The number of hydrogen-bond donors (Lipinski definition) is 0. The van der Waals surface area contributed by atoms with E-state index >= 15 is 0 Å². The Bertz CT molecular complexity index is 504. The lowest BCUT2D eigenvalue weighted by molar-refractivity contribution is 0.0280. The Morgan fingerprint density at radius 2 is 2.08 bits per heavy atom. The smallest absolute Gasteiger partial charge is 0.117 e. The molecule has 3 aliphatic rings. The molecular weight excluding hydrogens is 300 g/mol. The Morgan fingerprint density at radius 3 is 2.71 bits per heavy atom. The number of nitrogens with zero attached hydrogens (tertiary/aromatic N) is 2. The molecular formula is C20H32N2O2. The summed E-state index contributed by atoms with van der Waals surface area (Å²) in [6.45, 7) is 8.12. The zero-order valence-corrected chi connectivity index (χ0v) is 15.1. The molecule has 1 saturated carbocycles. The van der Waals surface area contributed by atoms with Crippen molar-refractivity contribution in [3.8, 4) is 0 Å². The summed E-state index contributed by atoms with van der Waals surface area (Å²) in [4.78, 5) is 5.32. The molecule has 1 aromatic rings. The van der Waals surface area contributed by atoms with Crippen LogP contribution in [0.1, 0.15) is 37.9 Å². The van der Waals surface area contributed by atoms with E-state index in [9.17, 15) is 0 Å². The molecule has 2 saturated heterocycles. The molecule has 4 rings (SSSR count). The van der Waals surface area contributed by atoms with Crippen LogP contribution in [0.4, 0.5) is 0 Å². The molecule has 1 aliphatic carbocycles. The highest BCUT2D eigenvalue weighted by Gasteiger charge is 2.48. The van der Waals surface area contributed by atoms with Crippen molar-refractivity contribution in [3.63, 3.8) is 0 Å². The summed E-state index contributed by atoms with van der Waals surface area (Å²) in [7, 11) is 1.86. The second-order valence-electron chi connectivity index (χ2n) is 8.36. The highest BCUT2D eigenvalue weighted by atomic mass is 16.5. The molecule has 2 aliphatic heterocycles. The molecule has 1 spiro atoms. The minimum absolute atomic E-state index is 0.457. The fourth-order valence-corrected chi connectivity index (χ4v) is 5.11. The van der Waals surface area contributed by atoms with E-state index in [4.69, 9.17) is 9.15 Å². The zero-order chi connectivity index (χ0) is 16.4. The van der Waals surface area contributed by atoms with Gasteiger partial charge in [-0.1, -0.05) is 6.42 Å². The van der Waals surface area contributed by atoms with E-state index in [1.807, 2.05) is 13.2 Å². The number of furan rings is 1. The third-order valence-corrected chi connectivity index (χ3v) is 6.80. The molecule has 0 unspecified atom stereocenters. The quantitative estimate of drug-likeness (QED) is 0.800. The monoisotopic (exact) mass is 332 g/mol. The lowest BCUT2D eigenvalue weighted by atomic mass is 9.71. The van der Waals surface area contributed by atoms with Gasteiger partial charge in [0.1, 0.15) is 5.76 Å². The van der Waals surface area contributed by atoms with Gasteiger partial charge >= 0.3 is 0 Å². The van der Waals surface area contributed by atoms with E-state index < -0.39 is 0 Å². The van der Waals surface area contributed by atoms with Crippen LogP contribution >= 0.6 is 0 Å². The average Bonchev–Trinajstić information content (AvgIpc) is 3.15. The van der Waals surface area contributed by atoms with Crippen molar-refractivity contribution in [1.29, 1.82) is 0 Å². The van der Waals surface area contributed by atoms with Gasteiger partial charge in [-0.15, -0.1) is 0 Å². The minimum Gasteiger partial charge on any atom is -0.468 e. The van der Waals surface area contributed by atoms with Crippen LogP contribution in [0, 0.1) is 17.3 Å². The molecule has 134 valence electrons. The highest BCUT2D eigenvalue weighted by Crippen LogP contribution is 2.45. The molecule has 0 amide bonds. The first kappa shape index (κ1) is 16.6. The fourth-order valence-electron chi connectivity index (χ4n) is 5.11. The Labute approximate surface area is 146 Å². The van der Waals surface area contributed by atoms with Crippen molar-refractivity contribution < 1.29 is 9.15 Å². The van der Waals surface area contributed by atoms with Crippen molar-refractivity contribution in [2.45, 2.75) is 38.6 Å². The van der Waals surface area contributed by atoms with E-state index in [1.54, 1.807) is 6.26 Å². The summed E-state index contributed by atoms with van der Waals surface area (Å²) in [5, 5.41) is 0. The van der Waals surface area contributed by atoms with Gasteiger partial charge in [0.15, 0.2) is 0 Å². The number of hydrogen-bond acceptors (Lipinski definition) is 4. The predicted molar refractivity (Wildman–Crippen MR) is 94.8 cm³/mol. The highest BCUT2D eigenvalue weighted by molar-refractivity contribution is 5.03. The van der Waals surface area contributed by atoms with Crippen molar-refractivity contribution in [2.75, 3.05) is 46.4 Å². The van der Waals surface area contributed by atoms with Crippen LogP contribution in [0.25, 0.3) is 0 Å². The van der Waals surface area contributed by atoms with Gasteiger partial charge in [0, 0.05) is 32.7 Å². The SMILES string of the molecule is COC[C@@H]1CN(Cc2ccco2)CC12CCN(CC1CCC1)CC2. The Kier molecular flexibility index (Phi) is 4.98. The largest absolute Gasteiger partial charge is 0.468 e. The first-order chi connectivity index (χ1) is 11.8. The van der Waals surface area contributed by atoms with Crippen molar-refractivity contribution >= 4 is 0 Å². The van der Waals surface area contributed by atoms with Gasteiger partial charge in [0.05, 0.1) is 19.4 Å². The second kappa shape index (κ2) is 7.19. The number of ether oxygens (including phenoxy) is 1. The topological polar surface area (TPSA) is 28.9 Å². The summed E-state index contributed by atoms with van der Waals surface area (Å²) in [6.07, 6.45) is 8.84. The lowest BCUT2D eigenvalue weighted by Crippen LogP contribution is -2.46. The third kappa shape index (κ3) is 3.42. The van der Waals surface area contributed by atoms with E-state index in [0.717, 1.165) is 31.4 Å². The van der Waals surface area contributed by atoms with Gasteiger partial charge in [-0.05, 0) is 62.2 Å². The molecule has 24 heavy (non-hydrogen) atoms. The first-order valence-electron chi connectivity index (χ1n) is 9.73. The number of piperidine rings is 1. The van der Waals surface area contributed by atoms with Crippen LogP contribution in [0.3, 0.4) is 0 Å². The molecule has 0 aromatic carbocycles. The zero-order valence-electron chi connectivity index (χ0n) is 15.1. The average molecular weight is 332 g/mol. The van der Waals surface area contributed by atoms with Gasteiger partial charge in [-0.25, -0.2) is 0 Å². The molecule has 0 radical (unpaired) electrons.